The highest BCUT2D eigenvalue weighted by Gasteiger charge is 2.38. The van der Waals surface area contributed by atoms with Crippen LogP contribution in [0.15, 0.2) is 18.2 Å². The lowest BCUT2D eigenvalue weighted by Crippen LogP contribution is -2.60. The molecule has 0 radical (unpaired) electrons. The number of piperidine rings is 1. The van der Waals surface area contributed by atoms with Crippen LogP contribution in [-0.2, 0) is 16.1 Å². The minimum Gasteiger partial charge on any atom is -0.374 e. The summed E-state index contributed by atoms with van der Waals surface area (Å²) in [4.78, 5) is 15.9. The number of nitrogens with zero attached hydrogens (tertiary/aromatic N) is 3. The van der Waals surface area contributed by atoms with Crippen molar-refractivity contribution in [2.24, 2.45) is 0 Å². The van der Waals surface area contributed by atoms with Gasteiger partial charge in [-0.25, -0.2) is 4.39 Å². The van der Waals surface area contributed by atoms with Crippen molar-refractivity contribution in [3.05, 3.63) is 35.1 Å². The Morgan fingerprint density at radius 3 is 3.04 bits per heavy atom. The van der Waals surface area contributed by atoms with Crippen molar-refractivity contribution in [2.45, 2.75) is 32.0 Å². The first-order chi connectivity index (χ1) is 11.1. The lowest BCUT2D eigenvalue weighted by atomic mass is 9.98. The van der Waals surface area contributed by atoms with E-state index < -0.39 is 5.82 Å². The average molecular weight is 317 g/mol. The van der Waals surface area contributed by atoms with E-state index in [1.54, 1.807) is 19.1 Å². The van der Waals surface area contributed by atoms with Crippen LogP contribution >= 0.6 is 0 Å². The number of hydrogen-bond acceptors (Lipinski definition) is 4. The van der Waals surface area contributed by atoms with Crippen molar-refractivity contribution >= 4 is 5.91 Å². The Hall–Kier alpha value is -1.97. The van der Waals surface area contributed by atoms with E-state index in [-0.39, 0.29) is 23.6 Å². The Bertz CT molecular complexity index is 643. The van der Waals surface area contributed by atoms with Gasteiger partial charge in [0.15, 0.2) is 0 Å². The summed E-state index contributed by atoms with van der Waals surface area (Å²) < 4.78 is 19.2. The van der Waals surface area contributed by atoms with Gasteiger partial charge in [0.2, 0.25) is 5.91 Å². The van der Waals surface area contributed by atoms with Crippen LogP contribution in [0.4, 0.5) is 4.39 Å². The van der Waals surface area contributed by atoms with E-state index in [1.807, 2.05) is 11.0 Å². The van der Waals surface area contributed by atoms with Gasteiger partial charge >= 0.3 is 0 Å². The van der Waals surface area contributed by atoms with Crippen LogP contribution in [0, 0.1) is 17.1 Å². The summed E-state index contributed by atoms with van der Waals surface area (Å²) in [6, 6.07) is 6.60. The second-order valence-electron chi connectivity index (χ2n) is 6.14. The van der Waals surface area contributed by atoms with Gasteiger partial charge in [-0.1, -0.05) is 6.07 Å². The van der Waals surface area contributed by atoms with Gasteiger partial charge in [-0.2, -0.15) is 5.26 Å². The van der Waals surface area contributed by atoms with Crippen molar-refractivity contribution < 1.29 is 13.9 Å². The molecule has 1 aromatic carbocycles. The number of amides is 1. The molecule has 2 atom stereocenters. The molecular formula is C17H20FN3O2. The van der Waals surface area contributed by atoms with Gasteiger partial charge in [0, 0.05) is 33.1 Å². The molecule has 2 heterocycles. The molecule has 0 bridgehead atoms. The third kappa shape index (κ3) is 3.36. The summed E-state index contributed by atoms with van der Waals surface area (Å²) in [7, 11) is 0. The van der Waals surface area contributed by atoms with E-state index in [0.717, 1.165) is 25.1 Å². The minimum atomic E-state index is -0.488. The number of hydrogen-bond donors (Lipinski definition) is 0. The zero-order chi connectivity index (χ0) is 16.4. The molecule has 0 N–H and O–H groups in total. The van der Waals surface area contributed by atoms with Crippen LogP contribution in [0.3, 0.4) is 0 Å². The van der Waals surface area contributed by atoms with Crippen LogP contribution in [0.1, 0.15) is 24.5 Å². The Balaban J connectivity index is 1.70. The van der Waals surface area contributed by atoms with Crippen molar-refractivity contribution in [3.63, 3.8) is 0 Å². The summed E-state index contributed by atoms with van der Waals surface area (Å²) in [5.41, 5.74) is 0.983. The molecule has 0 unspecified atom stereocenters. The Labute approximate surface area is 135 Å². The van der Waals surface area contributed by atoms with Gasteiger partial charge < -0.3 is 9.64 Å². The number of likely N-dealkylation sites (tertiary alicyclic amines) is 1. The summed E-state index contributed by atoms with van der Waals surface area (Å²) in [5, 5.41) is 8.93. The monoisotopic (exact) mass is 317 g/mol. The van der Waals surface area contributed by atoms with Gasteiger partial charge in [0.1, 0.15) is 11.9 Å². The Morgan fingerprint density at radius 1 is 1.48 bits per heavy atom. The number of carbonyl (C=O) groups excluding carboxylic acids is 1. The van der Waals surface area contributed by atoms with E-state index in [0.29, 0.717) is 19.7 Å². The SMILES string of the molecule is CC(=O)N1CCO[C@H]2CCN(Cc3ccc(F)c(C#N)c3)C[C@@H]21. The van der Waals surface area contributed by atoms with Crippen molar-refractivity contribution in [2.75, 3.05) is 26.2 Å². The lowest BCUT2D eigenvalue weighted by molar-refractivity contribution is -0.150. The third-order valence-corrected chi connectivity index (χ3v) is 4.63. The fraction of sp³-hybridized carbons (Fsp3) is 0.529. The number of morpholine rings is 1. The zero-order valence-electron chi connectivity index (χ0n) is 13.2. The van der Waals surface area contributed by atoms with Gasteiger partial charge in [0.25, 0.3) is 0 Å². The van der Waals surface area contributed by atoms with Crippen molar-refractivity contribution in [1.29, 1.82) is 5.26 Å². The Kier molecular flexibility index (Phi) is 4.60. The molecule has 1 amide bonds. The van der Waals surface area contributed by atoms with Crippen LogP contribution in [0.2, 0.25) is 0 Å². The molecule has 3 rings (SSSR count). The molecular weight excluding hydrogens is 297 g/mol. The second kappa shape index (κ2) is 6.65. The maximum absolute atomic E-state index is 13.4. The number of benzene rings is 1. The standard InChI is InChI=1S/C17H20FN3O2/c1-12(22)21-6-7-23-17-4-5-20(11-16(17)21)10-13-2-3-15(18)14(8-13)9-19/h2-3,8,16-17H,4-7,10-11H2,1H3/t16-,17-/m0/s1. The van der Waals surface area contributed by atoms with E-state index in [1.165, 1.54) is 6.07 Å². The zero-order valence-corrected chi connectivity index (χ0v) is 13.2. The molecule has 0 spiro atoms. The molecule has 2 aliphatic heterocycles. The molecule has 0 saturated carbocycles. The molecule has 6 heteroatoms. The van der Waals surface area contributed by atoms with Crippen LogP contribution in [0.25, 0.3) is 0 Å². The molecule has 0 aliphatic carbocycles. The lowest BCUT2D eigenvalue weighted by Gasteiger charge is -2.46. The average Bonchev–Trinajstić information content (AvgIpc) is 2.55. The molecule has 1 aromatic rings. The predicted octanol–water partition coefficient (Wildman–Crippen LogP) is 1.52. The summed E-state index contributed by atoms with van der Waals surface area (Å²) in [6.45, 7) is 5.09. The first-order valence-electron chi connectivity index (χ1n) is 7.88. The van der Waals surface area contributed by atoms with Crippen molar-refractivity contribution in [3.8, 4) is 6.07 Å². The summed E-state index contributed by atoms with van der Waals surface area (Å²) in [6.07, 6.45) is 0.979. The van der Waals surface area contributed by atoms with Crippen LogP contribution in [0.5, 0.6) is 0 Å². The van der Waals surface area contributed by atoms with Crippen molar-refractivity contribution in [1.82, 2.24) is 9.80 Å². The van der Waals surface area contributed by atoms with Gasteiger partial charge in [-0.3, -0.25) is 9.69 Å². The highest BCUT2D eigenvalue weighted by atomic mass is 19.1. The largest absolute Gasteiger partial charge is 0.374 e. The molecule has 2 saturated heterocycles. The van der Waals surface area contributed by atoms with Crippen LogP contribution in [-0.4, -0.2) is 54.1 Å². The normalized spacial score (nSPS) is 24.8. The highest BCUT2D eigenvalue weighted by Crippen LogP contribution is 2.24. The first kappa shape index (κ1) is 15.9. The number of ether oxygens (including phenoxy) is 1. The van der Waals surface area contributed by atoms with Gasteiger partial charge in [-0.15, -0.1) is 0 Å². The van der Waals surface area contributed by atoms with E-state index in [4.69, 9.17) is 10.00 Å². The third-order valence-electron chi connectivity index (χ3n) is 4.63. The quantitative estimate of drug-likeness (QED) is 0.830. The fourth-order valence-corrected chi connectivity index (χ4v) is 3.49. The number of rotatable bonds is 2. The minimum absolute atomic E-state index is 0.0729. The number of nitriles is 1. The number of carbonyl (C=O) groups is 1. The van der Waals surface area contributed by atoms with E-state index in [9.17, 15) is 9.18 Å². The molecule has 2 aliphatic rings. The van der Waals surface area contributed by atoms with Crippen LogP contribution < -0.4 is 0 Å². The molecule has 2 fully saturated rings. The molecule has 5 nitrogen and oxygen atoms in total. The maximum atomic E-state index is 13.4. The summed E-state index contributed by atoms with van der Waals surface area (Å²) in [5.74, 6) is -0.405. The Morgan fingerprint density at radius 2 is 2.30 bits per heavy atom. The smallest absolute Gasteiger partial charge is 0.219 e. The van der Waals surface area contributed by atoms with E-state index in [2.05, 4.69) is 4.90 Å². The predicted molar refractivity (Wildman–Crippen MR) is 81.9 cm³/mol. The molecule has 23 heavy (non-hydrogen) atoms. The van der Waals surface area contributed by atoms with Gasteiger partial charge in [-0.05, 0) is 24.1 Å². The number of fused-ring (bicyclic) bond motifs is 1. The van der Waals surface area contributed by atoms with E-state index >= 15 is 0 Å². The fourth-order valence-electron chi connectivity index (χ4n) is 3.49. The topological polar surface area (TPSA) is 56.6 Å². The van der Waals surface area contributed by atoms with Gasteiger partial charge in [0.05, 0.1) is 24.3 Å². The highest BCUT2D eigenvalue weighted by molar-refractivity contribution is 5.73. The molecule has 122 valence electrons. The molecule has 0 aromatic heterocycles. The number of halogens is 1. The first-order valence-corrected chi connectivity index (χ1v) is 7.88. The summed E-state index contributed by atoms with van der Waals surface area (Å²) >= 11 is 0. The second-order valence-corrected chi connectivity index (χ2v) is 6.14. The maximum Gasteiger partial charge on any atom is 0.219 e.